The van der Waals surface area contributed by atoms with Crippen LogP contribution in [0.15, 0.2) is 49.1 Å². The van der Waals surface area contributed by atoms with E-state index >= 15 is 0 Å². The van der Waals surface area contributed by atoms with Crippen molar-refractivity contribution in [2.75, 3.05) is 12.4 Å². The molecule has 1 aromatic carbocycles. The first kappa shape index (κ1) is 18.2. The minimum Gasteiger partial charge on any atom is -0.465 e. The Bertz CT molecular complexity index is 950. The van der Waals surface area contributed by atoms with E-state index in [1.54, 1.807) is 47.6 Å². The molecule has 0 aliphatic carbocycles. The largest absolute Gasteiger partial charge is 0.465 e. The number of rotatable bonds is 5. The standard InChI is InChI=1S/C19H19N5O3/c1-12(2)13-4-5-15(14(10-13)19(26)27-3)21-18(25)16-6-7-17(23-22-16)24-9-8-20-11-24/h4-12H,1-3H3,(H,21,25). The maximum Gasteiger partial charge on any atom is 0.339 e. The van der Waals surface area contributed by atoms with Gasteiger partial charge in [-0.15, -0.1) is 10.2 Å². The number of hydrogen-bond acceptors (Lipinski definition) is 6. The van der Waals surface area contributed by atoms with Crippen LogP contribution in [0.4, 0.5) is 5.69 Å². The van der Waals surface area contributed by atoms with Gasteiger partial charge in [-0.2, -0.15) is 0 Å². The van der Waals surface area contributed by atoms with Crippen molar-refractivity contribution in [2.24, 2.45) is 0 Å². The molecule has 138 valence electrons. The second kappa shape index (κ2) is 7.77. The number of aromatic nitrogens is 4. The summed E-state index contributed by atoms with van der Waals surface area (Å²) in [6.07, 6.45) is 4.93. The average molecular weight is 365 g/mol. The van der Waals surface area contributed by atoms with Gasteiger partial charge in [-0.1, -0.05) is 19.9 Å². The van der Waals surface area contributed by atoms with Crippen LogP contribution in [0.3, 0.4) is 0 Å². The average Bonchev–Trinajstić information content (AvgIpc) is 3.22. The van der Waals surface area contributed by atoms with Gasteiger partial charge >= 0.3 is 5.97 Å². The number of methoxy groups -OCH3 is 1. The van der Waals surface area contributed by atoms with E-state index in [1.165, 1.54) is 7.11 Å². The zero-order valence-electron chi connectivity index (χ0n) is 15.2. The van der Waals surface area contributed by atoms with Crippen LogP contribution in [0.2, 0.25) is 0 Å². The molecule has 0 spiro atoms. The second-order valence-corrected chi connectivity index (χ2v) is 6.15. The molecule has 0 saturated carbocycles. The molecule has 0 saturated heterocycles. The molecule has 2 aromatic heterocycles. The van der Waals surface area contributed by atoms with Crippen molar-refractivity contribution in [2.45, 2.75) is 19.8 Å². The van der Waals surface area contributed by atoms with E-state index in [4.69, 9.17) is 4.74 Å². The Labute approximate surface area is 156 Å². The van der Waals surface area contributed by atoms with Crippen molar-refractivity contribution < 1.29 is 14.3 Å². The van der Waals surface area contributed by atoms with Crippen LogP contribution in [-0.4, -0.2) is 38.7 Å². The second-order valence-electron chi connectivity index (χ2n) is 6.15. The van der Waals surface area contributed by atoms with Crippen molar-refractivity contribution in [3.05, 3.63) is 65.9 Å². The topological polar surface area (TPSA) is 99.0 Å². The van der Waals surface area contributed by atoms with Gasteiger partial charge in [0.2, 0.25) is 0 Å². The van der Waals surface area contributed by atoms with E-state index in [0.29, 0.717) is 17.1 Å². The number of benzene rings is 1. The molecule has 0 radical (unpaired) electrons. The lowest BCUT2D eigenvalue weighted by atomic mass is 9.99. The highest BCUT2D eigenvalue weighted by Gasteiger charge is 2.17. The van der Waals surface area contributed by atoms with E-state index in [2.05, 4.69) is 20.5 Å². The van der Waals surface area contributed by atoms with Gasteiger partial charge in [-0.25, -0.2) is 9.78 Å². The molecule has 8 heteroatoms. The quantitative estimate of drug-likeness (QED) is 0.698. The third-order valence-electron chi connectivity index (χ3n) is 4.02. The van der Waals surface area contributed by atoms with Crippen LogP contribution in [-0.2, 0) is 4.74 Å². The molecule has 8 nitrogen and oxygen atoms in total. The smallest absolute Gasteiger partial charge is 0.339 e. The Morgan fingerprint density at radius 2 is 1.96 bits per heavy atom. The highest BCUT2D eigenvalue weighted by atomic mass is 16.5. The Kier molecular flexibility index (Phi) is 5.25. The number of imidazole rings is 1. The van der Waals surface area contributed by atoms with Gasteiger partial charge in [0.05, 0.1) is 18.4 Å². The fourth-order valence-corrected chi connectivity index (χ4v) is 2.47. The van der Waals surface area contributed by atoms with Gasteiger partial charge in [-0.05, 0) is 35.7 Å². The number of amides is 1. The van der Waals surface area contributed by atoms with Gasteiger partial charge in [0, 0.05) is 12.4 Å². The lowest BCUT2D eigenvalue weighted by molar-refractivity contribution is 0.0602. The molecule has 27 heavy (non-hydrogen) atoms. The van der Waals surface area contributed by atoms with Gasteiger partial charge in [0.25, 0.3) is 5.91 Å². The van der Waals surface area contributed by atoms with Crippen LogP contribution >= 0.6 is 0 Å². The van der Waals surface area contributed by atoms with E-state index < -0.39 is 11.9 Å². The molecule has 1 amide bonds. The van der Waals surface area contributed by atoms with Crippen LogP contribution in [0, 0.1) is 0 Å². The molecule has 3 rings (SSSR count). The summed E-state index contributed by atoms with van der Waals surface area (Å²) in [5.74, 6) is -0.211. The van der Waals surface area contributed by atoms with E-state index in [0.717, 1.165) is 5.56 Å². The van der Waals surface area contributed by atoms with Gasteiger partial charge in [0.1, 0.15) is 6.33 Å². The third-order valence-corrected chi connectivity index (χ3v) is 4.02. The van der Waals surface area contributed by atoms with Gasteiger partial charge < -0.3 is 10.1 Å². The summed E-state index contributed by atoms with van der Waals surface area (Å²) in [7, 11) is 1.30. The van der Waals surface area contributed by atoms with Gasteiger partial charge in [-0.3, -0.25) is 9.36 Å². The van der Waals surface area contributed by atoms with Crippen LogP contribution in [0.25, 0.3) is 5.82 Å². The monoisotopic (exact) mass is 365 g/mol. The summed E-state index contributed by atoms with van der Waals surface area (Å²) < 4.78 is 6.50. The molecule has 0 bridgehead atoms. The molecule has 3 aromatic rings. The molecule has 2 heterocycles. The molecule has 0 aliphatic rings. The summed E-state index contributed by atoms with van der Waals surface area (Å²) >= 11 is 0. The molecule has 1 N–H and O–H groups in total. The van der Waals surface area contributed by atoms with E-state index in [1.807, 2.05) is 19.9 Å². The fourth-order valence-electron chi connectivity index (χ4n) is 2.47. The highest BCUT2D eigenvalue weighted by molar-refractivity contribution is 6.07. The van der Waals surface area contributed by atoms with Crippen molar-refractivity contribution in [3.63, 3.8) is 0 Å². The van der Waals surface area contributed by atoms with Crippen LogP contribution in [0.5, 0.6) is 0 Å². The zero-order valence-corrected chi connectivity index (χ0v) is 15.2. The van der Waals surface area contributed by atoms with Crippen LogP contribution < -0.4 is 5.32 Å². The number of nitrogens with zero attached hydrogens (tertiary/aromatic N) is 4. The Balaban J connectivity index is 1.84. The normalized spacial score (nSPS) is 10.7. The Morgan fingerprint density at radius 1 is 1.15 bits per heavy atom. The van der Waals surface area contributed by atoms with Crippen molar-refractivity contribution in [1.29, 1.82) is 0 Å². The summed E-state index contributed by atoms with van der Waals surface area (Å²) in [6, 6.07) is 8.48. The van der Waals surface area contributed by atoms with Crippen molar-refractivity contribution in [3.8, 4) is 5.82 Å². The van der Waals surface area contributed by atoms with E-state index in [9.17, 15) is 9.59 Å². The minimum atomic E-state index is -0.519. The highest BCUT2D eigenvalue weighted by Crippen LogP contribution is 2.23. The fraction of sp³-hybridized carbons (Fsp3) is 0.211. The molecular formula is C19H19N5O3. The number of anilines is 1. The predicted molar refractivity (Wildman–Crippen MR) is 99.0 cm³/mol. The first-order chi connectivity index (χ1) is 13.0. The molecular weight excluding hydrogens is 346 g/mol. The third kappa shape index (κ3) is 4.00. The Morgan fingerprint density at radius 3 is 2.56 bits per heavy atom. The number of esters is 1. The van der Waals surface area contributed by atoms with Gasteiger partial charge in [0.15, 0.2) is 11.5 Å². The summed E-state index contributed by atoms with van der Waals surface area (Å²) in [5.41, 5.74) is 1.75. The SMILES string of the molecule is COC(=O)c1cc(C(C)C)ccc1NC(=O)c1ccc(-n2ccnc2)nn1. The lowest BCUT2D eigenvalue weighted by Gasteiger charge is -2.13. The molecule has 0 fully saturated rings. The first-order valence-corrected chi connectivity index (χ1v) is 8.35. The van der Waals surface area contributed by atoms with Crippen LogP contribution in [0.1, 0.15) is 46.2 Å². The number of carbonyl (C=O) groups excluding carboxylic acids is 2. The first-order valence-electron chi connectivity index (χ1n) is 8.35. The summed E-state index contributed by atoms with van der Waals surface area (Å²) in [4.78, 5) is 28.5. The van der Waals surface area contributed by atoms with Crippen molar-refractivity contribution in [1.82, 2.24) is 19.7 Å². The number of carbonyl (C=O) groups is 2. The van der Waals surface area contributed by atoms with E-state index in [-0.39, 0.29) is 11.6 Å². The Hall–Kier alpha value is -3.55. The number of nitrogens with one attached hydrogen (secondary N) is 1. The van der Waals surface area contributed by atoms with Crippen molar-refractivity contribution >= 4 is 17.6 Å². The summed E-state index contributed by atoms with van der Waals surface area (Å²) in [6.45, 7) is 4.04. The number of hydrogen-bond donors (Lipinski definition) is 1. The maximum absolute atomic E-state index is 12.5. The minimum absolute atomic E-state index is 0.127. The zero-order chi connectivity index (χ0) is 19.4. The molecule has 0 atom stereocenters. The maximum atomic E-state index is 12.5. The summed E-state index contributed by atoms with van der Waals surface area (Å²) in [5, 5.41) is 10.7. The molecule has 0 unspecified atom stereocenters. The molecule has 0 aliphatic heterocycles. The predicted octanol–water partition coefficient (Wildman–Crippen LogP) is 2.82. The lowest BCUT2D eigenvalue weighted by Crippen LogP contribution is -2.17. The number of ether oxygens (including phenoxy) is 1.